The number of anilines is 1. The second kappa shape index (κ2) is 13.0. The number of rotatable bonds is 9. The Hall–Kier alpha value is -4.59. The number of nitro benzene ring substituents is 1. The predicted octanol–water partition coefficient (Wildman–Crippen LogP) is 6.02. The summed E-state index contributed by atoms with van der Waals surface area (Å²) >= 11 is 7.67. The molecule has 40 heavy (non-hydrogen) atoms. The Morgan fingerprint density at radius 2 is 1.77 bits per heavy atom. The van der Waals surface area contributed by atoms with E-state index >= 15 is 0 Å². The molecule has 0 saturated carbocycles. The molecule has 1 aliphatic heterocycles. The molecule has 1 unspecified atom stereocenters. The van der Waals surface area contributed by atoms with E-state index in [0.29, 0.717) is 32.6 Å². The van der Waals surface area contributed by atoms with E-state index in [2.05, 4.69) is 16.7 Å². The molecular weight excluding hydrogens is 552 g/mol. The van der Waals surface area contributed by atoms with Crippen molar-refractivity contribution in [1.29, 1.82) is 5.26 Å². The first-order valence-electron chi connectivity index (χ1n) is 12.1. The number of esters is 1. The average molecular weight is 575 g/mol. The van der Waals surface area contributed by atoms with Gasteiger partial charge < -0.3 is 15.4 Å². The molecule has 1 amide bonds. The molecule has 0 aliphatic carbocycles. The number of carbonyl (C=O) groups excluding carboxylic acids is 2. The number of thioether (sulfide) groups is 1. The van der Waals surface area contributed by atoms with Crippen LogP contribution in [-0.2, 0) is 14.3 Å². The Morgan fingerprint density at radius 3 is 2.40 bits per heavy atom. The van der Waals surface area contributed by atoms with Crippen LogP contribution in [-0.4, -0.2) is 29.2 Å². The van der Waals surface area contributed by atoms with Crippen LogP contribution in [0.2, 0.25) is 5.02 Å². The third-order valence-corrected chi connectivity index (χ3v) is 7.30. The zero-order valence-corrected chi connectivity index (χ0v) is 22.8. The Kier molecular flexibility index (Phi) is 9.22. The molecule has 1 aliphatic rings. The number of carbonyl (C=O) groups is 2. The van der Waals surface area contributed by atoms with Crippen molar-refractivity contribution >= 4 is 52.3 Å². The molecule has 0 fully saturated rings. The molecule has 1 atom stereocenters. The highest BCUT2D eigenvalue weighted by Crippen LogP contribution is 2.45. The molecule has 4 rings (SSSR count). The van der Waals surface area contributed by atoms with Gasteiger partial charge >= 0.3 is 5.97 Å². The fraction of sp³-hybridized carbons (Fsp3) is 0.138. The summed E-state index contributed by atoms with van der Waals surface area (Å²) in [5.74, 6) is -1.92. The van der Waals surface area contributed by atoms with Gasteiger partial charge in [0, 0.05) is 22.8 Å². The zero-order valence-electron chi connectivity index (χ0n) is 21.2. The van der Waals surface area contributed by atoms with Crippen LogP contribution in [0.1, 0.15) is 24.0 Å². The van der Waals surface area contributed by atoms with Crippen molar-refractivity contribution in [3.05, 3.63) is 121 Å². The lowest BCUT2D eigenvalue weighted by molar-refractivity contribution is -0.384. The number of nitro groups is 1. The summed E-state index contributed by atoms with van der Waals surface area (Å²) in [4.78, 5) is 36.5. The molecule has 0 spiro atoms. The molecule has 11 heteroatoms. The molecule has 1 heterocycles. The van der Waals surface area contributed by atoms with Gasteiger partial charge in [0.2, 0.25) is 5.91 Å². The first-order valence-corrected chi connectivity index (χ1v) is 13.5. The Labute approximate surface area is 239 Å². The summed E-state index contributed by atoms with van der Waals surface area (Å²) in [6, 6.07) is 23.8. The number of hydrogen-bond donors (Lipinski definition) is 2. The Balaban J connectivity index is 1.72. The standard InChI is InChI=1S/C29H23ClN4O5S/c1-2-39-29(36)26-25(21-10-6-7-11-23(21)30)22(16-31)28(33-27(26)18-8-4-3-5-9-18)40-17-24(35)32-19-12-14-20(15-13-19)34(37)38/h3-15,25,33H,2,17H2,1H3,(H,32,35). The number of allylic oxidation sites excluding steroid dienone is 1. The number of benzene rings is 3. The maximum absolute atomic E-state index is 13.4. The second-order valence-corrected chi connectivity index (χ2v) is 9.84. The van der Waals surface area contributed by atoms with Crippen molar-refractivity contribution in [1.82, 2.24) is 5.32 Å². The first kappa shape index (κ1) is 28.4. The summed E-state index contributed by atoms with van der Waals surface area (Å²) in [5.41, 5.74) is 2.43. The van der Waals surface area contributed by atoms with E-state index in [-0.39, 0.29) is 35.1 Å². The topological polar surface area (TPSA) is 134 Å². The maximum Gasteiger partial charge on any atom is 0.337 e. The minimum absolute atomic E-state index is 0.0868. The number of nitriles is 1. The van der Waals surface area contributed by atoms with Gasteiger partial charge in [-0.15, -0.1) is 0 Å². The van der Waals surface area contributed by atoms with E-state index in [1.807, 2.05) is 30.3 Å². The molecule has 3 aromatic rings. The highest BCUT2D eigenvalue weighted by Gasteiger charge is 2.38. The lowest BCUT2D eigenvalue weighted by atomic mass is 9.81. The number of amides is 1. The van der Waals surface area contributed by atoms with Crippen molar-refractivity contribution in [3.8, 4) is 6.07 Å². The second-order valence-electron chi connectivity index (χ2n) is 8.45. The number of halogens is 1. The van der Waals surface area contributed by atoms with E-state index in [0.717, 1.165) is 11.8 Å². The van der Waals surface area contributed by atoms with Gasteiger partial charge in [-0.2, -0.15) is 5.26 Å². The van der Waals surface area contributed by atoms with E-state index in [4.69, 9.17) is 16.3 Å². The summed E-state index contributed by atoms with van der Waals surface area (Å²) in [6.45, 7) is 1.84. The molecule has 2 N–H and O–H groups in total. The van der Waals surface area contributed by atoms with Gasteiger partial charge in [-0.05, 0) is 36.2 Å². The van der Waals surface area contributed by atoms with Crippen molar-refractivity contribution in [2.75, 3.05) is 17.7 Å². The quantitative estimate of drug-likeness (QED) is 0.180. The molecule has 0 bridgehead atoms. The molecule has 0 radical (unpaired) electrons. The normalized spacial score (nSPS) is 14.7. The lowest BCUT2D eigenvalue weighted by Crippen LogP contribution is -2.30. The maximum atomic E-state index is 13.4. The van der Waals surface area contributed by atoms with Crippen molar-refractivity contribution in [3.63, 3.8) is 0 Å². The smallest absolute Gasteiger partial charge is 0.337 e. The summed E-state index contributed by atoms with van der Waals surface area (Å²) < 4.78 is 5.42. The van der Waals surface area contributed by atoms with Gasteiger partial charge in [-0.25, -0.2) is 4.79 Å². The van der Waals surface area contributed by atoms with Crippen LogP contribution in [0, 0.1) is 21.4 Å². The fourth-order valence-corrected chi connectivity index (χ4v) is 5.27. The molecule has 9 nitrogen and oxygen atoms in total. The Morgan fingerprint density at radius 1 is 1.10 bits per heavy atom. The van der Waals surface area contributed by atoms with Crippen LogP contribution in [0.25, 0.3) is 5.70 Å². The molecule has 0 saturated heterocycles. The van der Waals surface area contributed by atoms with E-state index in [1.165, 1.54) is 24.3 Å². The summed E-state index contributed by atoms with van der Waals surface area (Å²) in [7, 11) is 0. The number of nitrogens with zero attached hydrogens (tertiary/aromatic N) is 2. The van der Waals surface area contributed by atoms with Crippen LogP contribution in [0.3, 0.4) is 0 Å². The third-order valence-electron chi connectivity index (χ3n) is 5.93. The monoisotopic (exact) mass is 574 g/mol. The minimum Gasteiger partial charge on any atom is -0.463 e. The SMILES string of the molecule is CCOC(=O)C1=C(c2ccccc2)NC(SCC(=O)Nc2ccc([N+](=O)[O-])cc2)=C(C#N)C1c1ccccc1Cl. The lowest BCUT2D eigenvalue weighted by Gasteiger charge is -2.31. The molecule has 3 aromatic carbocycles. The minimum atomic E-state index is -0.852. The van der Waals surface area contributed by atoms with Crippen LogP contribution in [0.5, 0.6) is 0 Å². The number of hydrogen-bond acceptors (Lipinski definition) is 8. The van der Waals surface area contributed by atoms with E-state index in [1.54, 1.807) is 31.2 Å². The highest BCUT2D eigenvalue weighted by molar-refractivity contribution is 8.03. The van der Waals surface area contributed by atoms with Crippen LogP contribution < -0.4 is 10.6 Å². The largest absolute Gasteiger partial charge is 0.463 e. The molecular formula is C29H23ClN4O5S. The van der Waals surface area contributed by atoms with Crippen molar-refractivity contribution < 1.29 is 19.2 Å². The van der Waals surface area contributed by atoms with Crippen LogP contribution in [0.4, 0.5) is 11.4 Å². The molecule has 202 valence electrons. The van der Waals surface area contributed by atoms with Crippen LogP contribution >= 0.6 is 23.4 Å². The average Bonchev–Trinajstić information content (AvgIpc) is 2.96. The third kappa shape index (κ3) is 6.34. The first-order chi connectivity index (χ1) is 19.3. The van der Waals surface area contributed by atoms with Gasteiger partial charge in [0.25, 0.3) is 5.69 Å². The van der Waals surface area contributed by atoms with E-state index < -0.39 is 16.8 Å². The van der Waals surface area contributed by atoms with Gasteiger partial charge in [0.05, 0.1) is 51.1 Å². The molecule has 0 aromatic heterocycles. The Bertz CT molecular complexity index is 1550. The van der Waals surface area contributed by atoms with Crippen molar-refractivity contribution in [2.24, 2.45) is 0 Å². The summed E-state index contributed by atoms with van der Waals surface area (Å²) in [5, 5.41) is 27.9. The van der Waals surface area contributed by atoms with Crippen molar-refractivity contribution in [2.45, 2.75) is 12.8 Å². The number of non-ortho nitro benzene ring substituents is 1. The number of nitrogens with one attached hydrogen (secondary N) is 2. The highest BCUT2D eigenvalue weighted by atomic mass is 35.5. The zero-order chi connectivity index (χ0) is 28.6. The number of ether oxygens (including phenoxy) is 1. The summed E-state index contributed by atoms with van der Waals surface area (Å²) in [6.07, 6.45) is 0. The van der Waals surface area contributed by atoms with Gasteiger partial charge in [0.15, 0.2) is 0 Å². The van der Waals surface area contributed by atoms with Gasteiger partial charge in [0.1, 0.15) is 0 Å². The predicted molar refractivity (Wildman–Crippen MR) is 154 cm³/mol. The fourth-order valence-electron chi connectivity index (χ4n) is 4.18. The van der Waals surface area contributed by atoms with E-state index in [9.17, 15) is 25.0 Å². The van der Waals surface area contributed by atoms with Crippen LogP contribution in [0.15, 0.2) is 95.0 Å². The van der Waals surface area contributed by atoms with Gasteiger partial charge in [-0.3, -0.25) is 14.9 Å². The number of dihydropyridines is 1. The van der Waals surface area contributed by atoms with Gasteiger partial charge in [-0.1, -0.05) is 71.9 Å².